The maximum absolute atomic E-state index is 10.5. The molecule has 0 radical (unpaired) electrons. The van der Waals surface area contributed by atoms with E-state index in [1.807, 2.05) is 30.3 Å². The van der Waals surface area contributed by atoms with Crippen LogP contribution in [0.3, 0.4) is 0 Å². The van der Waals surface area contributed by atoms with Crippen LogP contribution in [0.15, 0.2) is 42.6 Å². The third kappa shape index (κ3) is 3.33. The van der Waals surface area contributed by atoms with Crippen molar-refractivity contribution in [2.75, 3.05) is 0 Å². The Bertz CT molecular complexity index is 666. The number of carboxylic acid groups (broad SMARTS) is 1. The Balaban J connectivity index is 2.40. The third-order valence-corrected chi connectivity index (χ3v) is 2.69. The number of benzene rings is 1. The predicted octanol–water partition coefficient (Wildman–Crippen LogP) is 1.23. The highest BCUT2D eigenvalue weighted by Gasteiger charge is 2.08. The first-order valence-electron chi connectivity index (χ1n) is 6.09. The Kier molecular flexibility index (Phi) is 4.30. The van der Waals surface area contributed by atoms with Gasteiger partial charge in [-0.3, -0.25) is 4.68 Å². The maximum atomic E-state index is 10.5. The van der Waals surface area contributed by atoms with E-state index in [4.69, 9.17) is 5.26 Å². The molecule has 0 bridgehead atoms. The van der Waals surface area contributed by atoms with Crippen LogP contribution in [0.2, 0.25) is 0 Å². The maximum Gasteiger partial charge on any atom is 0.0995 e. The SMILES string of the molecule is N#CCCn1cc(/C=C/C(=O)[O-])c(-c2ccccc2)n1. The van der Waals surface area contributed by atoms with Crippen LogP contribution in [-0.4, -0.2) is 15.7 Å². The van der Waals surface area contributed by atoms with E-state index in [0.717, 1.165) is 11.6 Å². The van der Waals surface area contributed by atoms with E-state index < -0.39 is 5.97 Å². The van der Waals surface area contributed by atoms with Crippen molar-refractivity contribution in [1.82, 2.24) is 9.78 Å². The molecule has 1 aromatic heterocycles. The fraction of sp³-hybridized carbons (Fsp3) is 0.133. The minimum atomic E-state index is -1.26. The summed E-state index contributed by atoms with van der Waals surface area (Å²) < 4.78 is 1.64. The first kappa shape index (κ1) is 13.6. The van der Waals surface area contributed by atoms with E-state index in [2.05, 4.69) is 11.2 Å². The lowest BCUT2D eigenvalue weighted by molar-refractivity contribution is -0.297. The minimum absolute atomic E-state index is 0.347. The number of carboxylic acids is 1. The molecule has 0 N–H and O–H groups in total. The number of hydrogen-bond acceptors (Lipinski definition) is 4. The molecule has 0 unspecified atom stereocenters. The Morgan fingerprint density at radius 1 is 1.40 bits per heavy atom. The molecule has 5 nitrogen and oxygen atoms in total. The van der Waals surface area contributed by atoms with Gasteiger partial charge in [0.25, 0.3) is 0 Å². The van der Waals surface area contributed by atoms with Crippen LogP contribution in [0.25, 0.3) is 17.3 Å². The molecule has 0 atom stereocenters. The highest BCUT2D eigenvalue weighted by Crippen LogP contribution is 2.23. The van der Waals surface area contributed by atoms with Crippen LogP contribution >= 0.6 is 0 Å². The van der Waals surface area contributed by atoms with Crippen molar-refractivity contribution >= 4 is 12.0 Å². The summed E-state index contributed by atoms with van der Waals surface area (Å²) in [6.45, 7) is 0.468. The Morgan fingerprint density at radius 3 is 2.80 bits per heavy atom. The lowest BCUT2D eigenvalue weighted by Gasteiger charge is -1.98. The monoisotopic (exact) mass is 266 g/mol. The van der Waals surface area contributed by atoms with Crippen molar-refractivity contribution in [2.24, 2.45) is 0 Å². The highest BCUT2D eigenvalue weighted by molar-refractivity contribution is 5.85. The van der Waals surface area contributed by atoms with Gasteiger partial charge in [0, 0.05) is 17.3 Å². The number of rotatable bonds is 5. The van der Waals surface area contributed by atoms with E-state index in [-0.39, 0.29) is 0 Å². The number of aryl methyl sites for hydroxylation is 1. The molecule has 1 heterocycles. The second-order valence-electron chi connectivity index (χ2n) is 4.12. The molecule has 5 heteroatoms. The fourth-order valence-corrected chi connectivity index (χ4v) is 1.82. The smallest absolute Gasteiger partial charge is 0.0995 e. The summed E-state index contributed by atoms with van der Waals surface area (Å²) in [4.78, 5) is 10.5. The van der Waals surface area contributed by atoms with E-state index >= 15 is 0 Å². The van der Waals surface area contributed by atoms with E-state index in [9.17, 15) is 9.90 Å². The molecular formula is C15H12N3O2-. The van der Waals surface area contributed by atoms with Crippen molar-refractivity contribution in [3.05, 3.63) is 48.2 Å². The summed E-state index contributed by atoms with van der Waals surface area (Å²) in [5, 5.41) is 23.5. The molecule has 0 saturated carbocycles. The first-order chi connectivity index (χ1) is 9.70. The second kappa shape index (κ2) is 6.34. The first-order valence-corrected chi connectivity index (χ1v) is 6.09. The van der Waals surface area contributed by atoms with Crippen molar-refractivity contribution in [3.8, 4) is 17.3 Å². The van der Waals surface area contributed by atoms with Gasteiger partial charge < -0.3 is 9.90 Å². The van der Waals surface area contributed by atoms with Crippen LogP contribution in [0.5, 0.6) is 0 Å². The van der Waals surface area contributed by atoms with Crippen LogP contribution < -0.4 is 5.11 Å². The molecule has 0 spiro atoms. The van der Waals surface area contributed by atoms with Gasteiger partial charge >= 0.3 is 0 Å². The number of hydrogen-bond donors (Lipinski definition) is 0. The van der Waals surface area contributed by atoms with Gasteiger partial charge in [-0.2, -0.15) is 10.4 Å². The van der Waals surface area contributed by atoms with Gasteiger partial charge in [0.05, 0.1) is 30.7 Å². The average Bonchev–Trinajstić information content (AvgIpc) is 2.87. The highest BCUT2D eigenvalue weighted by atomic mass is 16.4. The molecule has 0 aliphatic carbocycles. The number of carbonyl (C=O) groups is 1. The van der Waals surface area contributed by atoms with Crippen LogP contribution in [-0.2, 0) is 11.3 Å². The number of carbonyl (C=O) groups excluding carboxylic acids is 1. The van der Waals surface area contributed by atoms with Gasteiger partial charge in [0.2, 0.25) is 0 Å². The molecule has 1 aromatic carbocycles. The van der Waals surface area contributed by atoms with Crippen LogP contribution in [0.1, 0.15) is 12.0 Å². The van der Waals surface area contributed by atoms with E-state index in [0.29, 0.717) is 24.2 Å². The largest absolute Gasteiger partial charge is 0.545 e. The summed E-state index contributed by atoms with van der Waals surface area (Å²) in [6.07, 6.45) is 4.49. The average molecular weight is 266 g/mol. The molecular weight excluding hydrogens is 254 g/mol. The minimum Gasteiger partial charge on any atom is -0.545 e. The van der Waals surface area contributed by atoms with Gasteiger partial charge in [-0.15, -0.1) is 0 Å². The number of aromatic nitrogens is 2. The van der Waals surface area contributed by atoms with Gasteiger partial charge in [-0.25, -0.2) is 0 Å². The zero-order valence-electron chi connectivity index (χ0n) is 10.7. The summed E-state index contributed by atoms with van der Waals surface area (Å²) >= 11 is 0. The van der Waals surface area contributed by atoms with Gasteiger partial charge in [-0.1, -0.05) is 30.3 Å². The molecule has 0 saturated heterocycles. The summed E-state index contributed by atoms with van der Waals surface area (Å²) in [6, 6.07) is 11.5. The van der Waals surface area contributed by atoms with Crippen molar-refractivity contribution in [3.63, 3.8) is 0 Å². The van der Waals surface area contributed by atoms with Crippen LogP contribution in [0, 0.1) is 11.3 Å². The van der Waals surface area contributed by atoms with Gasteiger partial charge in [-0.05, 0) is 12.2 Å². The number of nitriles is 1. The molecule has 0 aliphatic heterocycles. The van der Waals surface area contributed by atoms with E-state index in [1.165, 1.54) is 6.08 Å². The standard InChI is InChI=1S/C15H13N3O2/c16-9-4-10-18-11-13(7-8-14(19)20)15(17-18)12-5-2-1-3-6-12/h1-3,5-8,11H,4,10H2,(H,19,20)/p-1/b8-7+. The number of aliphatic carboxylic acids is 1. The molecule has 0 fully saturated rings. The second-order valence-corrected chi connectivity index (χ2v) is 4.12. The van der Waals surface area contributed by atoms with Crippen LogP contribution in [0.4, 0.5) is 0 Å². The third-order valence-electron chi connectivity index (χ3n) is 2.69. The summed E-state index contributed by atoms with van der Waals surface area (Å²) in [5.74, 6) is -1.26. The molecule has 0 amide bonds. The topological polar surface area (TPSA) is 81.7 Å². The van der Waals surface area contributed by atoms with Crippen molar-refractivity contribution < 1.29 is 9.90 Å². The number of nitrogens with zero attached hydrogens (tertiary/aromatic N) is 3. The molecule has 100 valence electrons. The molecule has 20 heavy (non-hydrogen) atoms. The summed E-state index contributed by atoms with van der Waals surface area (Å²) in [7, 11) is 0. The predicted molar refractivity (Wildman–Crippen MR) is 71.9 cm³/mol. The summed E-state index contributed by atoms with van der Waals surface area (Å²) in [5.41, 5.74) is 2.25. The molecule has 2 aromatic rings. The van der Waals surface area contributed by atoms with Gasteiger partial charge in [0.15, 0.2) is 0 Å². The molecule has 2 rings (SSSR count). The van der Waals surface area contributed by atoms with Gasteiger partial charge in [0.1, 0.15) is 0 Å². The zero-order chi connectivity index (χ0) is 14.4. The van der Waals surface area contributed by atoms with Crippen molar-refractivity contribution in [1.29, 1.82) is 5.26 Å². The quantitative estimate of drug-likeness (QED) is 0.762. The Hall–Kier alpha value is -2.87. The lowest BCUT2D eigenvalue weighted by atomic mass is 10.1. The lowest BCUT2D eigenvalue weighted by Crippen LogP contribution is -2.18. The Morgan fingerprint density at radius 2 is 2.15 bits per heavy atom. The Labute approximate surface area is 116 Å². The zero-order valence-corrected chi connectivity index (χ0v) is 10.7. The fourth-order valence-electron chi connectivity index (χ4n) is 1.82. The van der Waals surface area contributed by atoms with E-state index in [1.54, 1.807) is 10.9 Å². The van der Waals surface area contributed by atoms with Crippen molar-refractivity contribution in [2.45, 2.75) is 13.0 Å². The normalized spacial score (nSPS) is 10.6. The molecule has 0 aliphatic rings.